The lowest BCUT2D eigenvalue weighted by Crippen LogP contribution is -2.55. The Labute approximate surface area is 175 Å². The van der Waals surface area contributed by atoms with E-state index in [4.69, 9.17) is 14.6 Å². The Kier molecular flexibility index (Phi) is 8.74. The van der Waals surface area contributed by atoms with Crippen molar-refractivity contribution in [3.63, 3.8) is 0 Å². The molecule has 0 bridgehead atoms. The molecule has 1 aliphatic heterocycles. The SMILES string of the molecule is C=CCOC(=O)Nc1ccn(C(=O)C(F)(F)[C@H](OC2CCCCO2)[C@H](O)CO)c(=O)n1. The molecule has 1 unspecified atom stereocenters. The lowest BCUT2D eigenvalue weighted by Gasteiger charge is -2.33. The van der Waals surface area contributed by atoms with Crippen molar-refractivity contribution in [2.75, 3.05) is 25.1 Å². The maximum absolute atomic E-state index is 14.9. The van der Waals surface area contributed by atoms with Gasteiger partial charge in [-0.25, -0.2) is 14.2 Å². The molecule has 172 valence electrons. The molecule has 1 saturated heterocycles. The van der Waals surface area contributed by atoms with E-state index in [1.165, 1.54) is 6.08 Å². The van der Waals surface area contributed by atoms with E-state index < -0.39 is 48.7 Å². The van der Waals surface area contributed by atoms with Crippen LogP contribution in [0, 0.1) is 0 Å². The van der Waals surface area contributed by atoms with Crippen molar-refractivity contribution < 1.29 is 42.8 Å². The number of carbonyl (C=O) groups is 2. The number of aliphatic hydroxyl groups excluding tert-OH is 2. The van der Waals surface area contributed by atoms with E-state index in [1.54, 1.807) is 0 Å². The molecule has 3 atom stereocenters. The number of alkyl halides is 2. The van der Waals surface area contributed by atoms with Crippen LogP contribution in [-0.2, 0) is 14.2 Å². The van der Waals surface area contributed by atoms with E-state index in [0.717, 1.165) is 6.07 Å². The van der Waals surface area contributed by atoms with Crippen LogP contribution in [0.5, 0.6) is 0 Å². The van der Waals surface area contributed by atoms with E-state index >= 15 is 0 Å². The van der Waals surface area contributed by atoms with E-state index in [2.05, 4.69) is 21.6 Å². The minimum Gasteiger partial charge on any atom is -0.445 e. The summed E-state index contributed by atoms with van der Waals surface area (Å²) in [5.74, 6) is -6.81. The number of nitrogens with one attached hydrogen (secondary N) is 1. The zero-order valence-corrected chi connectivity index (χ0v) is 16.4. The summed E-state index contributed by atoms with van der Waals surface area (Å²) in [5, 5.41) is 21.0. The first-order valence-electron chi connectivity index (χ1n) is 9.33. The smallest absolute Gasteiger partial charge is 0.413 e. The quantitative estimate of drug-likeness (QED) is 0.461. The van der Waals surface area contributed by atoms with Crippen molar-refractivity contribution in [3.8, 4) is 0 Å². The number of rotatable bonds is 9. The fourth-order valence-electron chi connectivity index (χ4n) is 2.68. The highest BCUT2D eigenvalue weighted by Gasteiger charge is 2.53. The zero-order chi connectivity index (χ0) is 23.0. The summed E-state index contributed by atoms with van der Waals surface area (Å²) in [6.07, 6.45) is -3.15. The summed E-state index contributed by atoms with van der Waals surface area (Å²) in [4.78, 5) is 39.3. The van der Waals surface area contributed by atoms with Crippen molar-refractivity contribution in [2.24, 2.45) is 0 Å². The van der Waals surface area contributed by atoms with Crippen LogP contribution in [0.4, 0.5) is 19.4 Å². The zero-order valence-electron chi connectivity index (χ0n) is 16.4. The van der Waals surface area contributed by atoms with Crippen molar-refractivity contribution >= 4 is 17.8 Å². The van der Waals surface area contributed by atoms with Gasteiger partial charge in [-0.2, -0.15) is 13.8 Å². The van der Waals surface area contributed by atoms with Gasteiger partial charge in [0, 0.05) is 12.8 Å². The van der Waals surface area contributed by atoms with Crippen LogP contribution in [0.15, 0.2) is 29.7 Å². The highest BCUT2D eigenvalue weighted by molar-refractivity contribution is 5.87. The van der Waals surface area contributed by atoms with Gasteiger partial charge in [0.25, 0.3) is 0 Å². The predicted octanol–water partition coefficient (Wildman–Crippen LogP) is 0.518. The number of carbonyl (C=O) groups excluding carboxylic acids is 2. The summed E-state index contributed by atoms with van der Waals surface area (Å²) >= 11 is 0. The third-order valence-electron chi connectivity index (χ3n) is 4.20. The number of anilines is 1. The molecule has 3 N–H and O–H groups in total. The van der Waals surface area contributed by atoms with Crippen LogP contribution in [-0.4, -0.2) is 76.0 Å². The fourth-order valence-corrected chi connectivity index (χ4v) is 2.68. The summed E-state index contributed by atoms with van der Waals surface area (Å²) in [7, 11) is 0. The molecule has 0 aliphatic carbocycles. The molecule has 31 heavy (non-hydrogen) atoms. The standard InChI is InChI=1S/C18H23F2N3O8/c1-2-8-30-17(28)22-12-6-7-23(16(27)21-12)15(26)18(19,20)14(11(25)10-24)31-13-5-3-4-9-29-13/h2,6-7,11,13-14,24-25H,1,3-5,8-10H2,(H,21,22,27,28)/t11-,13?,14-/m1/s1. The number of amides is 1. The molecule has 0 aromatic carbocycles. The van der Waals surface area contributed by atoms with Crippen LogP contribution in [0.1, 0.15) is 24.1 Å². The average molecular weight is 447 g/mol. The van der Waals surface area contributed by atoms with Gasteiger partial charge in [-0.05, 0) is 25.3 Å². The van der Waals surface area contributed by atoms with E-state index in [-0.39, 0.29) is 30.0 Å². The normalized spacial score (nSPS) is 18.6. The number of ether oxygens (including phenoxy) is 3. The third-order valence-corrected chi connectivity index (χ3v) is 4.20. The highest BCUT2D eigenvalue weighted by atomic mass is 19.3. The molecule has 1 aliphatic rings. The topological polar surface area (TPSA) is 149 Å². The Morgan fingerprint density at radius 2 is 2.23 bits per heavy atom. The van der Waals surface area contributed by atoms with Crippen LogP contribution < -0.4 is 11.0 Å². The largest absolute Gasteiger partial charge is 0.445 e. The molecule has 2 rings (SSSR count). The number of halogens is 2. The van der Waals surface area contributed by atoms with Gasteiger partial charge in [0.05, 0.1) is 6.61 Å². The second-order valence-electron chi connectivity index (χ2n) is 6.51. The molecule has 1 amide bonds. The summed E-state index contributed by atoms with van der Waals surface area (Å²) < 4.78 is 44.7. The lowest BCUT2D eigenvalue weighted by atomic mass is 10.1. The van der Waals surface area contributed by atoms with Crippen LogP contribution in [0.2, 0.25) is 0 Å². The molecule has 0 spiro atoms. The Morgan fingerprint density at radius 1 is 1.48 bits per heavy atom. The molecular weight excluding hydrogens is 424 g/mol. The van der Waals surface area contributed by atoms with Crippen molar-refractivity contribution in [1.82, 2.24) is 9.55 Å². The minimum atomic E-state index is -4.42. The van der Waals surface area contributed by atoms with Gasteiger partial charge in [0.15, 0.2) is 12.4 Å². The minimum absolute atomic E-state index is 0.00242. The fraction of sp³-hybridized carbons (Fsp3) is 0.556. The first kappa shape index (κ1) is 24.5. The van der Waals surface area contributed by atoms with Crippen molar-refractivity contribution in [2.45, 2.75) is 43.7 Å². The Bertz CT molecular complexity index is 841. The number of aromatic nitrogens is 2. The molecule has 11 nitrogen and oxygen atoms in total. The van der Waals surface area contributed by atoms with E-state index in [9.17, 15) is 28.3 Å². The first-order chi connectivity index (χ1) is 14.7. The van der Waals surface area contributed by atoms with Gasteiger partial charge < -0.3 is 24.4 Å². The number of nitrogens with zero attached hydrogens (tertiary/aromatic N) is 2. The molecule has 2 heterocycles. The second kappa shape index (κ2) is 11.0. The van der Waals surface area contributed by atoms with Crippen LogP contribution in [0.3, 0.4) is 0 Å². The van der Waals surface area contributed by atoms with Gasteiger partial charge in [-0.1, -0.05) is 12.7 Å². The predicted molar refractivity (Wildman–Crippen MR) is 101 cm³/mol. The van der Waals surface area contributed by atoms with E-state index in [0.29, 0.717) is 19.0 Å². The average Bonchev–Trinajstić information content (AvgIpc) is 2.75. The summed E-state index contributed by atoms with van der Waals surface area (Å²) in [6, 6.07) is 0.924. The van der Waals surface area contributed by atoms with Gasteiger partial charge in [0.2, 0.25) is 0 Å². The third kappa shape index (κ3) is 6.37. The van der Waals surface area contributed by atoms with Crippen molar-refractivity contribution in [1.29, 1.82) is 0 Å². The van der Waals surface area contributed by atoms with Crippen LogP contribution >= 0.6 is 0 Å². The highest BCUT2D eigenvalue weighted by Crippen LogP contribution is 2.29. The maximum Gasteiger partial charge on any atom is 0.413 e. The molecule has 1 aromatic heterocycles. The van der Waals surface area contributed by atoms with Crippen LogP contribution in [0.25, 0.3) is 0 Å². The second-order valence-corrected chi connectivity index (χ2v) is 6.51. The van der Waals surface area contributed by atoms with Gasteiger partial charge in [-0.3, -0.25) is 10.1 Å². The monoisotopic (exact) mass is 447 g/mol. The van der Waals surface area contributed by atoms with Gasteiger partial charge >= 0.3 is 23.6 Å². The first-order valence-corrected chi connectivity index (χ1v) is 9.33. The van der Waals surface area contributed by atoms with Gasteiger partial charge in [-0.15, -0.1) is 0 Å². The lowest BCUT2D eigenvalue weighted by molar-refractivity contribution is -0.252. The summed E-state index contributed by atoms with van der Waals surface area (Å²) in [6.45, 7) is 2.35. The Balaban J connectivity index is 2.21. The Hall–Kier alpha value is -2.74. The molecule has 13 heteroatoms. The number of hydrogen-bond acceptors (Lipinski definition) is 9. The summed E-state index contributed by atoms with van der Waals surface area (Å²) in [5.41, 5.74) is -1.42. The molecule has 1 fully saturated rings. The number of aliphatic hydroxyl groups is 2. The Morgan fingerprint density at radius 3 is 2.81 bits per heavy atom. The van der Waals surface area contributed by atoms with Gasteiger partial charge in [0.1, 0.15) is 18.5 Å². The molecular formula is C18H23F2N3O8. The van der Waals surface area contributed by atoms with Crippen molar-refractivity contribution in [3.05, 3.63) is 35.4 Å². The molecule has 1 aromatic rings. The van der Waals surface area contributed by atoms with E-state index in [1.807, 2.05) is 0 Å². The molecule has 0 saturated carbocycles. The molecule has 0 radical (unpaired) electrons. The number of hydrogen-bond donors (Lipinski definition) is 3. The maximum atomic E-state index is 14.9.